The molecular weight excluding hydrogens is 528 g/mol. The zero-order chi connectivity index (χ0) is 28.5. The Morgan fingerprint density at radius 2 is 1.77 bits per heavy atom. The Balaban J connectivity index is 1.59. The van der Waals surface area contributed by atoms with Gasteiger partial charge in [0.1, 0.15) is 18.9 Å². The summed E-state index contributed by atoms with van der Waals surface area (Å²) in [5.74, 6) is -0.695. The fraction of sp³-hybridized carbons (Fsp3) is 0.375. The summed E-state index contributed by atoms with van der Waals surface area (Å²) in [5, 5.41) is 10.1. The van der Waals surface area contributed by atoms with Crippen LogP contribution in [0.3, 0.4) is 0 Å². The van der Waals surface area contributed by atoms with E-state index in [1.54, 1.807) is 24.3 Å². The lowest BCUT2D eigenvalue weighted by molar-refractivity contribution is -0.137. The van der Waals surface area contributed by atoms with Crippen molar-refractivity contribution in [3.8, 4) is 5.75 Å². The molecule has 7 nitrogen and oxygen atoms in total. The van der Waals surface area contributed by atoms with Crippen LogP contribution in [0.1, 0.15) is 46.5 Å². The van der Waals surface area contributed by atoms with Crippen molar-refractivity contribution in [3.05, 3.63) is 99.6 Å². The Morgan fingerprint density at radius 1 is 1.00 bits per heavy atom. The molecule has 1 amide bonds. The van der Waals surface area contributed by atoms with Gasteiger partial charge in [0, 0.05) is 42.7 Å². The highest BCUT2D eigenvalue weighted by Gasteiger charge is 2.21. The van der Waals surface area contributed by atoms with E-state index in [1.807, 2.05) is 18.2 Å². The van der Waals surface area contributed by atoms with E-state index in [1.165, 1.54) is 10.5 Å². The summed E-state index contributed by atoms with van der Waals surface area (Å²) in [6.45, 7) is 7.42. The Morgan fingerprint density at radius 3 is 2.52 bits per heavy atom. The second-order valence-electron chi connectivity index (χ2n) is 10.3. The molecular formula is C32H37ClN2O5. The largest absolute Gasteiger partial charge is 0.491 e. The third-order valence-corrected chi connectivity index (χ3v) is 7.27. The number of carboxylic acids is 1. The lowest BCUT2D eigenvalue weighted by Gasteiger charge is -2.27. The van der Waals surface area contributed by atoms with Gasteiger partial charge in [0.05, 0.1) is 13.2 Å². The summed E-state index contributed by atoms with van der Waals surface area (Å²) in [7, 11) is 0. The van der Waals surface area contributed by atoms with Crippen LogP contribution in [0.5, 0.6) is 5.75 Å². The third-order valence-electron chi connectivity index (χ3n) is 7.01. The van der Waals surface area contributed by atoms with Gasteiger partial charge in [-0.05, 0) is 72.9 Å². The second-order valence-corrected chi connectivity index (χ2v) is 10.8. The number of ether oxygens (including phenoxy) is 2. The fourth-order valence-corrected chi connectivity index (χ4v) is 4.94. The van der Waals surface area contributed by atoms with Gasteiger partial charge in [0.15, 0.2) is 0 Å². The monoisotopic (exact) mass is 564 g/mol. The number of carbonyl (C=O) groups excluding carboxylic acids is 1. The zero-order valence-electron chi connectivity index (χ0n) is 23.1. The molecule has 0 aromatic heterocycles. The summed E-state index contributed by atoms with van der Waals surface area (Å²) in [6, 6.07) is 21.5. The van der Waals surface area contributed by atoms with E-state index in [9.17, 15) is 14.7 Å². The molecule has 0 atom stereocenters. The van der Waals surface area contributed by atoms with Gasteiger partial charge in [-0.2, -0.15) is 0 Å². The Hall–Kier alpha value is -3.39. The van der Waals surface area contributed by atoms with Gasteiger partial charge in [-0.1, -0.05) is 48.0 Å². The molecule has 0 radical (unpaired) electrons. The molecule has 40 heavy (non-hydrogen) atoms. The molecule has 1 aliphatic heterocycles. The van der Waals surface area contributed by atoms with Gasteiger partial charge < -0.3 is 19.5 Å². The first kappa shape index (κ1) is 29.6. The number of nitrogens with zero attached hydrogens (tertiary/aromatic N) is 2. The lowest BCUT2D eigenvalue weighted by Crippen LogP contribution is -2.37. The molecule has 0 aliphatic carbocycles. The molecule has 3 aromatic rings. The Kier molecular flexibility index (Phi) is 10.6. The number of amides is 1. The highest BCUT2D eigenvalue weighted by Crippen LogP contribution is 2.25. The molecule has 0 saturated heterocycles. The lowest BCUT2D eigenvalue weighted by atomic mass is 9.99. The van der Waals surface area contributed by atoms with Crippen molar-refractivity contribution in [2.75, 3.05) is 39.5 Å². The maximum absolute atomic E-state index is 13.6. The number of hydrogen-bond acceptors (Lipinski definition) is 5. The molecule has 0 fully saturated rings. The summed E-state index contributed by atoms with van der Waals surface area (Å²) >= 11 is 5.98. The van der Waals surface area contributed by atoms with Crippen molar-refractivity contribution in [3.63, 3.8) is 0 Å². The average Bonchev–Trinajstić information content (AvgIpc) is 2.93. The van der Waals surface area contributed by atoms with Gasteiger partial charge in [-0.25, -0.2) is 0 Å². The number of benzene rings is 3. The first-order chi connectivity index (χ1) is 19.3. The molecule has 1 aliphatic rings. The van der Waals surface area contributed by atoms with Crippen LogP contribution in [-0.2, 0) is 28.9 Å². The summed E-state index contributed by atoms with van der Waals surface area (Å²) < 4.78 is 11.9. The number of carbonyl (C=O) groups is 2. The molecule has 2 bridgehead atoms. The van der Waals surface area contributed by atoms with Crippen molar-refractivity contribution in [2.45, 2.75) is 39.3 Å². The van der Waals surface area contributed by atoms with Crippen LogP contribution in [-0.4, -0.2) is 72.3 Å². The van der Waals surface area contributed by atoms with E-state index < -0.39 is 5.97 Å². The topological polar surface area (TPSA) is 79.3 Å². The number of rotatable bonds is 7. The van der Waals surface area contributed by atoms with E-state index in [2.05, 4.69) is 43.0 Å². The van der Waals surface area contributed by atoms with Gasteiger partial charge >= 0.3 is 5.97 Å². The summed E-state index contributed by atoms with van der Waals surface area (Å²) in [4.78, 5) is 28.9. The van der Waals surface area contributed by atoms with Crippen molar-refractivity contribution in [1.82, 2.24) is 9.80 Å². The summed E-state index contributed by atoms with van der Waals surface area (Å²) in [6.07, 6.45) is 1.10. The SMILES string of the molecule is CC(C)N1CCOCCOc2ccc(C(=O)N(CCc3ccc(Cl)cc3)CC(=O)O)cc2Cc2cccc(c2)C1. The van der Waals surface area contributed by atoms with Crippen LogP contribution in [0.2, 0.25) is 5.02 Å². The van der Waals surface area contributed by atoms with Gasteiger partial charge in [-0.3, -0.25) is 14.5 Å². The van der Waals surface area contributed by atoms with Crippen LogP contribution in [0.4, 0.5) is 0 Å². The van der Waals surface area contributed by atoms with Crippen LogP contribution in [0.25, 0.3) is 0 Å². The van der Waals surface area contributed by atoms with Crippen LogP contribution >= 0.6 is 11.6 Å². The van der Waals surface area contributed by atoms with E-state index in [0.29, 0.717) is 55.0 Å². The van der Waals surface area contributed by atoms with E-state index in [0.717, 1.165) is 29.8 Å². The van der Waals surface area contributed by atoms with E-state index in [4.69, 9.17) is 21.1 Å². The predicted octanol–water partition coefficient (Wildman–Crippen LogP) is 5.32. The number of aliphatic carboxylic acids is 1. The summed E-state index contributed by atoms with van der Waals surface area (Å²) in [5.41, 5.74) is 4.61. The fourth-order valence-electron chi connectivity index (χ4n) is 4.81. The molecule has 4 rings (SSSR count). The van der Waals surface area contributed by atoms with Crippen LogP contribution in [0.15, 0.2) is 66.7 Å². The molecule has 3 aromatic carbocycles. The van der Waals surface area contributed by atoms with Crippen molar-refractivity contribution >= 4 is 23.5 Å². The molecule has 212 valence electrons. The van der Waals surface area contributed by atoms with E-state index in [-0.39, 0.29) is 19.0 Å². The van der Waals surface area contributed by atoms with Gasteiger partial charge in [0.25, 0.3) is 5.91 Å². The molecule has 8 heteroatoms. The molecule has 0 saturated carbocycles. The van der Waals surface area contributed by atoms with Crippen molar-refractivity contribution in [2.24, 2.45) is 0 Å². The normalized spacial score (nSPS) is 14.6. The Labute approximate surface area is 241 Å². The predicted molar refractivity (Wildman–Crippen MR) is 156 cm³/mol. The number of hydrogen-bond donors (Lipinski definition) is 1. The van der Waals surface area contributed by atoms with Gasteiger partial charge in [0.2, 0.25) is 0 Å². The van der Waals surface area contributed by atoms with Crippen molar-refractivity contribution in [1.29, 1.82) is 0 Å². The standard InChI is InChI=1S/C32H37ClN2O5/c1-23(2)34-14-15-39-16-17-40-30-11-8-27(20-28(30)19-25-4-3-5-26(18-25)21-34)32(38)35(22-31(36)37)13-12-24-6-9-29(33)10-7-24/h3-11,18,20,23H,12-17,19,21-22H2,1-2H3,(H,36,37). The highest BCUT2D eigenvalue weighted by atomic mass is 35.5. The van der Waals surface area contributed by atoms with Gasteiger partial charge in [-0.15, -0.1) is 0 Å². The number of fused-ring (bicyclic) bond motifs is 3. The minimum absolute atomic E-state index is 0.270. The minimum atomic E-state index is -1.06. The zero-order valence-corrected chi connectivity index (χ0v) is 23.9. The first-order valence-electron chi connectivity index (χ1n) is 13.7. The number of halogens is 1. The van der Waals surface area contributed by atoms with Crippen molar-refractivity contribution < 1.29 is 24.2 Å². The molecule has 1 N–H and O–H groups in total. The average molecular weight is 565 g/mol. The Bertz CT molecular complexity index is 1290. The number of carboxylic acid groups (broad SMARTS) is 1. The smallest absolute Gasteiger partial charge is 0.323 e. The molecule has 0 spiro atoms. The quantitative estimate of drug-likeness (QED) is 0.418. The van der Waals surface area contributed by atoms with Crippen LogP contribution < -0.4 is 4.74 Å². The molecule has 0 unspecified atom stereocenters. The highest BCUT2D eigenvalue weighted by molar-refractivity contribution is 6.30. The third kappa shape index (κ3) is 8.55. The minimum Gasteiger partial charge on any atom is -0.491 e. The maximum Gasteiger partial charge on any atom is 0.323 e. The first-order valence-corrected chi connectivity index (χ1v) is 14.1. The van der Waals surface area contributed by atoms with E-state index >= 15 is 0 Å². The molecule has 1 heterocycles. The second kappa shape index (κ2) is 14.3. The maximum atomic E-state index is 13.6. The van der Waals surface area contributed by atoms with Crippen LogP contribution in [0, 0.1) is 0 Å².